The van der Waals surface area contributed by atoms with Gasteiger partial charge in [0.2, 0.25) is 0 Å². The molecule has 1 fully saturated rings. The van der Waals surface area contributed by atoms with Crippen LogP contribution in [0.5, 0.6) is 0 Å². The van der Waals surface area contributed by atoms with E-state index < -0.39 is 6.09 Å². The lowest BCUT2D eigenvalue weighted by Gasteiger charge is -2.38. The summed E-state index contributed by atoms with van der Waals surface area (Å²) in [7, 11) is 0. The molecule has 2 aromatic carbocycles. The number of benzene rings is 2. The van der Waals surface area contributed by atoms with Gasteiger partial charge in [0.05, 0.1) is 16.2 Å². The average molecular weight is 410 g/mol. The number of carboxylic acid groups (broad SMARTS) is 1. The lowest BCUT2D eigenvalue weighted by molar-refractivity contribution is 0.0484. The summed E-state index contributed by atoms with van der Waals surface area (Å²) in [4.78, 5) is 32.0. The van der Waals surface area contributed by atoms with Gasteiger partial charge in [-0.25, -0.2) is 9.78 Å². The van der Waals surface area contributed by atoms with E-state index in [1.807, 2.05) is 49.4 Å². The fourth-order valence-electron chi connectivity index (χ4n) is 3.67. The molecule has 29 heavy (non-hydrogen) atoms. The second kappa shape index (κ2) is 7.72. The van der Waals surface area contributed by atoms with Crippen LogP contribution in [0.4, 0.5) is 4.79 Å². The molecule has 1 atom stereocenters. The van der Waals surface area contributed by atoms with Crippen LogP contribution in [0.15, 0.2) is 54.6 Å². The van der Waals surface area contributed by atoms with Gasteiger partial charge < -0.3 is 14.9 Å². The van der Waals surface area contributed by atoms with E-state index in [4.69, 9.17) is 21.7 Å². The molecule has 1 aromatic heterocycles. The number of hydrogen-bond acceptors (Lipinski definition) is 3. The molecule has 1 N–H and O–H groups in total. The zero-order valence-electron chi connectivity index (χ0n) is 15.9. The van der Waals surface area contributed by atoms with E-state index in [0.717, 1.165) is 16.6 Å². The van der Waals surface area contributed by atoms with Gasteiger partial charge in [-0.05, 0) is 25.1 Å². The number of fused-ring (bicyclic) bond motifs is 1. The maximum absolute atomic E-state index is 13.1. The van der Waals surface area contributed by atoms with Crippen molar-refractivity contribution in [3.05, 3.63) is 65.2 Å². The molecule has 1 aliphatic heterocycles. The molecular weight excluding hydrogens is 390 g/mol. The molecule has 1 unspecified atom stereocenters. The first-order chi connectivity index (χ1) is 13.9. The summed E-state index contributed by atoms with van der Waals surface area (Å²) in [6, 6.07) is 16.7. The molecule has 3 aromatic rings. The smallest absolute Gasteiger partial charge is 0.407 e. The van der Waals surface area contributed by atoms with Gasteiger partial charge in [-0.15, -0.1) is 0 Å². The van der Waals surface area contributed by atoms with E-state index in [-0.39, 0.29) is 11.9 Å². The first-order valence-electron chi connectivity index (χ1n) is 9.38. The molecule has 7 heteroatoms. The Kier molecular flexibility index (Phi) is 5.11. The number of piperazine rings is 1. The van der Waals surface area contributed by atoms with Crippen molar-refractivity contribution in [1.82, 2.24) is 14.8 Å². The van der Waals surface area contributed by atoms with E-state index >= 15 is 0 Å². The maximum atomic E-state index is 13.1. The van der Waals surface area contributed by atoms with Crippen molar-refractivity contribution < 1.29 is 14.7 Å². The van der Waals surface area contributed by atoms with Gasteiger partial charge in [0.15, 0.2) is 0 Å². The lowest BCUT2D eigenvalue weighted by Crippen LogP contribution is -2.55. The SMILES string of the molecule is CC1CN(C(=O)O)CCN1C(=O)c1ccc2c(Cl)cc(-c3ccccc3)nc2c1. The van der Waals surface area contributed by atoms with Crippen LogP contribution in [0.3, 0.4) is 0 Å². The third-order valence-corrected chi connectivity index (χ3v) is 5.55. The monoisotopic (exact) mass is 409 g/mol. The summed E-state index contributed by atoms with van der Waals surface area (Å²) >= 11 is 6.47. The minimum Gasteiger partial charge on any atom is -0.465 e. The standard InChI is InChI=1S/C22H20ClN3O3/c1-14-13-25(22(28)29)9-10-26(14)21(27)16-7-8-17-18(23)12-19(24-20(17)11-16)15-5-3-2-4-6-15/h2-8,11-12,14H,9-10,13H2,1H3,(H,28,29). The summed E-state index contributed by atoms with van der Waals surface area (Å²) in [6.07, 6.45) is -0.957. The number of aromatic nitrogens is 1. The van der Waals surface area contributed by atoms with Gasteiger partial charge >= 0.3 is 6.09 Å². The van der Waals surface area contributed by atoms with Gasteiger partial charge in [-0.2, -0.15) is 0 Å². The van der Waals surface area contributed by atoms with Crippen LogP contribution in [0.1, 0.15) is 17.3 Å². The van der Waals surface area contributed by atoms with Gasteiger partial charge in [0.25, 0.3) is 5.91 Å². The van der Waals surface area contributed by atoms with E-state index in [2.05, 4.69) is 0 Å². The van der Waals surface area contributed by atoms with E-state index in [1.165, 1.54) is 4.90 Å². The average Bonchev–Trinajstić information content (AvgIpc) is 2.73. The molecule has 0 bridgehead atoms. The zero-order chi connectivity index (χ0) is 20.5. The highest BCUT2D eigenvalue weighted by atomic mass is 35.5. The lowest BCUT2D eigenvalue weighted by atomic mass is 10.1. The fraction of sp³-hybridized carbons (Fsp3) is 0.227. The summed E-state index contributed by atoms with van der Waals surface area (Å²) in [5.74, 6) is -0.132. The van der Waals surface area contributed by atoms with Gasteiger partial charge in [-0.1, -0.05) is 48.0 Å². The summed E-state index contributed by atoms with van der Waals surface area (Å²) in [5, 5.41) is 10.5. The van der Waals surface area contributed by atoms with Crippen LogP contribution in [0, 0.1) is 0 Å². The Morgan fingerprint density at radius 1 is 1.10 bits per heavy atom. The number of carbonyl (C=O) groups excluding carboxylic acids is 1. The Bertz CT molecular complexity index is 1090. The maximum Gasteiger partial charge on any atom is 0.407 e. The van der Waals surface area contributed by atoms with Crippen LogP contribution in [-0.2, 0) is 0 Å². The highest BCUT2D eigenvalue weighted by Gasteiger charge is 2.30. The van der Waals surface area contributed by atoms with Crippen LogP contribution in [-0.4, -0.2) is 57.6 Å². The Balaban J connectivity index is 1.66. The molecule has 6 nitrogen and oxygen atoms in total. The minimum atomic E-state index is -0.957. The van der Waals surface area contributed by atoms with E-state index in [9.17, 15) is 9.59 Å². The van der Waals surface area contributed by atoms with Crippen molar-refractivity contribution in [3.63, 3.8) is 0 Å². The number of pyridine rings is 1. The Morgan fingerprint density at radius 2 is 1.86 bits per heavy atom. The number of rotatable bonds is 2. The Hall–Kier alpha value is -3.12. The van der Waals surface area contributed by atoms with Crippen molar-refractivity contribution in [3.8, 4) is 11.3 Å². The van der Waals surface area contributed by atoms with E-state index in [0.29, 0.717) is 35.7 Å². The summed E-state index contributed by atoms with van der Waals surface area (Å²) in [6.45, 7) is 2.83. The first-order valence-corrected chi connectivity index (χ1v) is 9.76. The van der Waals surface area contributed by atoms with Crippen LogP contribution >= 0.6 is 11.6 Å². The number of hydrogen-bond donors (Lipinski definition) is 1. The quantitative estimate of drug-likeness (QED) is 0.681. The second-order valence-electron chi connectivity index (χ2n) is 7.16. The molecule has 2 amide bonds. The number of amides is 2. The molecule has 1 aliphatic rings. The molecule has 0 radical (unpaired) electrons. The molecule has 1 saturated heterocycles. The molecule has 4 rings (SSSR count). The molecule has 2 heterocycles. The highest BCUT2D eigenvalue weighted by Crippen LogP contribution is 2.29. The van der Waals surface area contributed by atoms with Crippen LogP contribution in [0.25, 0.3) is 22.2 Å². The van der Waals surface area contributed by atoms with Crippen molar-refractivity contribution in [2.45, 2.75) is 13.0 Å². The minimum absolute atomic E-state index is 0.132. The van der Waals surface area contributed by atoms with Gasteiger partial charge in [0.1, 0.15) is 0 Å². The van der Waals surface area contributed by atoms with Crippen molar-refractivity contribution in [2.75, 3.05) is 19.6 Å². The van der Waals surface area contributed by atoms with E-state index in [1.54, 1.807) is 17.0 Å². The number of halogens is 1. The van der Waals surface area contributed by atoms with Crippen LogP contribution in [0.2, 0.25) is 5.02 Å². The van der Waals surface area contributed by atoms with Crippen molar-refractivity contribution in [2.24, 2.45) is 0 Å². The zero-order valence-corrected chi connectivity index (χ0v) is 16.6. The molecule has 0 saturated carbocycles. The predicted octanol–water partition coefficient (Wildman–Crippen LogP) is 4.38. The Morgan fingerprint density at radius 3 is 2.55 bits per heavy atom. The van der Waals surface area contributed by atoms with Crippen molar-refractivity contribution in [1.29, 1.82) is 0 Å². The fourth-order valence-corrected chi connectivity index (χ4v) is 3.94. The molecule has 148 valence electrons. The third kappa shape index (κ3) is 3.76. The second-order valence-corrected chi connectivity index (χ2v) is 7.57. The highest BCUT2D eigenvalue weighted by molar-refractivity contribution is 6.35. The third-order valence-electron chi connectivity index (χ3n) is 5.23. The largest absolute Gasteiger partial charge is 0.465 e. The van der Waals surface area contributed by atoms with Gasteiger partial charge in [0, 0.05) is 42.2 Å². The summed E-state index contributed by atoms with van der Waals surface area (Å²) < 4.78 is 0. The summed E-state index contributed by atoms with van der Waals surface area (Å²) in [5.41, 5.74) is 2.86. The normalized spacial score (nSPS) is 16.8. The topological polar surface area (TPSA) is 73.7 Å². The molecule has 0 aliphatic carbocycles. The van der Waals surface area contributed by atoms with Crippen LogP contribution < -0.4 is 0 Å². The number of nitrogens with zero attached hydrogens (tertiary/aromatic N) is 3. The molecule has 0 spiro atoms. The number of carbonyl (C=O) groups is 2. The Labute approximate surface area is 173 Å². The first kappa shape index (κ1) is 19.2. The predicted molar refractivity (Wildman–Crippen MR) is 112 cm³/mol. The van der Waals surface area contributed by atoms with Crippen molar-refractivity contribution >= 4 is 34.5 Å². The van der Waals surface area contributed by atoms with Gasteiger partial charge in [-0.3, -0.25) is 4.79 Å². The molecular formula is C22H20ClN3O3.